The first-order chi connectivity index (χ1) is 13.3. The van der Waals surface area contributed by atoms with Crippen LogP contribution in [-0.2, 0) is 14.4 Å². The Bertz CT molecular complexity index is 784. The van der Waals surface area contributed by atoms with E-state index in [2.05, 4.69) is 16.0 Å². The van der Waals surface area contributed by atoms with Crippen LogP contribution in [0.2, 0.25) is 0 Å². The van der Waals surface area contributed by atoms with Crippen molar-refractivity contribution in [3.63, 3.8) is 0 Å². The third kappa shape index (κ3) is 4.08. The van der Waals surface area contributed by atoms with E-state index in [1.165, 1.54) is 6.92 Å². The molecule has 3 rings (SSSR count). The lowest BCUT2D eigenvalue weighted by molar-refractivity contribution is -0.136. The normalized spacial score (nSPS) is 19.0. The minimum atomic E-state index is -0.916. The van der Waals surface area contributed by atoms with Crippen molar-refractivity contribution < 1.29 is 23.9 Å². The maximum Gasteiger partial charge on any atom is 0.322 e. The maximum absolute atomic E-state index is 12.8. The number of likely N-dealkylation sites (tertiary alicyclic amines) is 1. The predicted octanol–water partition coefficient (Wildman–Crippen LogP) is 0.463. The van der Waals surface area contributed by atoms with Gasteiger partial charge in [0.2, 0.25) is 11.8 Å². The molecule has 28 heavy (non-hydrogen) atoms. The number of nitrogens with zero attached hydrogens (tertiary/aromatic N) is 1. The van der Waals surface area contributed by atoms with Crippen LogP contribution in [0, 0.1) is 0 Å². The molecular weight excluding hydrogens is 364 g/mol. The van der Waals surface area contributed by atoms with Crippen molar-refractivity contribution in [2.24, 2.45) is 0 Å². The number of imide groups is 1. The molecule has 150 valence electrons. The monoisotopic (exact) mass is 388 g/mol. The lowest BCUT2D eigenvalue weighted by Crippen LogP contribution is -2.56. The average molecular weight is 388 g/mol. The van der Waals surface area contributed by atoms with Crippen LogP contribution in [0.1, 0.15) is 37.8 Å². The number of nitrogens with one attached hydrogen (secondary N) is 3. The van der Waals surface area contributed by atoms with E-state index in [0.717, 1.165) is 5.56 Å². The van der Waals surface area contributed by atoms with Crippen LogP contribution >= 0.6 is 0 Å². The highest BCUT2D eigenvalue weighted by molar-refractivity contribution is 6.07. The molecule has 0 bridgehead atoms. The fraction of sp³-hybridized carbons (Fsp3) is 0.474. The first-order valence-electron chi connectivity index (χ1n) is 9.15. The Morgan fingerprint density at radius 2 is 1.86 bits per heavy atom. The number of carbonyl (C=O) groups is 4. The van der Waals surface area contributed by atoms with Gasteiger partial charge in [0.25, 0.3) is 5.91 Å². The molecule has 1 aromatic rings. The fourth-order valence-electron chi connectivity index (χ4n) is 3.66. The first kappa shape index (κ1) is 19.7. The lowest BCUT2D eigenvalue weighted by atomic mass is 9.87. The smallest absolute Gasteiger partial charge is 0.322 e. The molecule has 2 heterocycles. The number of piperidine rings is 1. The van der Waals surface area contributed by atoms with Crippen LogP contribution in [0.5, 0.6) is 5.75 Å². The number of hydrogen-bond acceptors (Lipinski definition) is 5. The van der Waals surface area contributed by atoms with E-state index in [1.807, 2.05) is 12.1 Å². The summed E-state index contributed by atoms with van der Waals surface area (Å²) in [7, 11) is 1.57. The maximum atomic E-state index is 12.8. The van der Waals surface area contributed by atoms with Crippen molar-refractivity contribution in [3.8, 4) is 5.75 Å². The van der Waals surface area contributed by atoms with Crippen LogP contribution in [-0.4, -0.2) is 54.4 Å². The molecule has 3 N–H and O–H groups in total. The van der Waals surface area contributed by atoms with Gasteiger partial charge in [0.15, 0.2) is 0 Å². The van der Waals surface area contributed by atoms with Gasteiger partial charge in [0.05, 0.1) is 19.6 Å². The largest absolute Gasteiger partial charge is 0.497 e. The molecule has 9 nitrogen and oxygen atoms in total. The molecule has 0 aromatic heterocycles. The van der Waals surface area contributed by atoms with Crippen molar-refractivity contribution >= 4 is 23.8 Å². The third-order valence-electron chi connectivity index (χ3n) is 5.26. The van der Waals surface area contributed by atoms with Crippen molar-refractivity contribution in [2.75, 3.05) is 20.2 Å². The molecule has 2 fully saturated rings. The molecule has 1 atom stereocenters. The summed E-state index contributed by atoms with van der Waals surface area (Å²) < 4.78 is 5.14. The van der Waals surface area contributed by atoms with E-state index < -0.39 is 17.6 Å². The summed E-state index contributed by atoms with van der Waals surface area (Å²) >= 11 is 0. The number of amides is 5. The van der Waals surface area contributed by atoms with Gasteiger partial charge >= 0.3 is 6.03 Å². The molecule has 0 saturated carbocycles. The second-order valence-electron chi connectivity index (χ2n) is 7.10. The molecule has 2 saturated heterocycles. The molecule has 1 unspecified atom stereocenters. The lowest BCUT2D eigenvalue weighted by Gasteiger charge is -2.37. The molecule has 0 radical (unpaired) electrons. The summed E-state index contributed by atoms with van der Waals surface area (Å²) in [6.07, 6.45) is 0.838. The molecular formula is C19H24N4O5. The average Bonchev–Trinajstić information content (AvgIpc) is 2.94. The Morgan fingerprint density at radius 3 is 2.36 bits per heavy atom. The first-order valence-corrected chi connectivity index (χ1v) is 9.15. The van der Waals surface area contributed by atoms with Gasteiger partial charge in [-0.2, -0.15) is 0 Å². The van der Waals surface area contributed by atoms with Crippen LogP contribution < -0.4 is 20.7 Å². The van der Waals surface area contributed by atoms with E-state index in [4.69, 9.17) is 4.74 Å². The summed E-state index contributed by atoms with van der Waals surface area (Å²) in [6.45, 7) is 2.14. The summed E-state index contributed by atoms with van der Waals surface area (Å²) in [5, 5.41) is 7.75. The second kappa shape index (κ2) is 7.87. The zero-order valence-corrected chi connectivity index (χ0v) is 15.9. The van der Waals surface area contributed by atoms with Crippen LogP contribution in [0.4, 0.5) is 4.79 Å². The molecule has 1 aromatic carbocycles. The number of hydrogen-bond donors (Lipinski definition) is 3. The van der Waals surface area contributed by atoms with Crippen LogP contribution in [0.3, 0.4) is 0 Å². The number of urea groups is 1. The summed E-state index contributed by atoms with van der Waals surface area (Å²) in [5.74, 6) is 0.0135. The van der Waals surface area contributed by atoms with E-state index in [0.29, 0.717) is 31.7 Å². The van der Waals surface area contributed by atoms with Gasteiger partial charge in [-0.25, -0.2) is 4.79 Å². The van der Waals surface area contributed by atoms with E-state index in [-0.39, 0.29) is 24.1 Å². The van der Waals surface area contributed by atoms with E-state index in [1.54, 1.807) is 24.1 Å². The number of ether oxygens (including phenoxy) is 1. The Morgan fingerprint density at radius 1 is 1.21 bits per heavy atom. The number of rotatable bonds is 5. The second-order valence-corrected chi connectivity index (χ2v) is 7.10. The van der Waals surface area contributed by atoms with Crippen molar-refractivity contribution in [1.82, 2.24) is 20.9 Å². The van der Waals surface area contributed by atoms with Gasteiger partial charge in [-0.1, -0.05) is 12.1 Å². The van der Waals surface area contributed by atoms with Crippen LogP contribution in [0.25, 0.3) is 0 Å². The van der Waals surface area contributed by atoms with E-state index >= 15 is 0 Å². The topological polar surface area (TPSA) is 117 Å². The molecule has 2 aliphatic rings. The zero-order chi connectivity index (χ0) is 20.3. The summed E-state index contributed by atoms with van der Waals surface area (Å²) in [6, 6.07) is 6.24. The number of carbonyl (C=O) groups excluding carboxylic acids is 4. The van der Waals surface area contributed by atoms with Crippen LogP contribution in [0.15, 0.2) is 24.3 Å². The quantitative estimate of drug-likeness (QED) is 0.634. The van der Waals surface area contributed by atoms with Crippen molar-refractivity contribution in [3.05, 3.63) is 29.8 Å². The van der Waals surface area contributed by atoms with Gasteiger partial charge in [-0.05, 0) is 30.5 Å². The fourth-order valence-corrected chi connectivity index (χ4v) is 3.66. The predicted molar refractivity (Wildman–Crippen MR) is 99.4 cm³/mol. The van der Waals surface area contributed by atoms with Gasteiger partial charge in [0.1, 0.15) is 11.3 Å². The Labute approximate surface area is 162 Å². The Kier molecular flexibility index (Phi) is 5.53. The zero-order valence-electron chi connectivity index (χ0n) is 15.9. The van der Waals surface area contributed by atoms with Crippen molar-refractivity contribution in [2.45, 2.75) is 37.8 Å². The van der Waals surface area contributed by atoms with Gasteiger partial charge in [0, 0.05) is 20.0 Å². The Balaban J connectivity index is 1.64. The highest BCUT2D eigenvalue weighted by Crippen LogP contribution is 2.27. The minimum Gasteiger partial charge on any atom is -0.497 e. The third-order valence-corrected chi connectivity index (χ3v) is 5.26. The van der Waals surface area contributed by atoms with Crippen molar-refractivity contribution in [1.29, 1.82) is 0 Å². The number of benzene rings is 1. The summed E-state index contributed by atoms with van der Waals surface area (Å²) in [4.78, 5) is 49.5. The minimum absolute atomic E-state index is 0.109. The summed E-state index contributed by atoms with van der Waals surface area (Å²) in [5.41, 5.74) is -0.110. The highest BCUT2D eigenvalue weighted by atomic mass is 16.5. The Hall–Kier alpha value is -3.10. The van der Waals surface area contributed by atoms with Gasteiger partial charge in [-0.3, -0.25) is 19.7 Å². The SMILES string of the molecule is COc1ccc(C(CC(=O)N2CCC3(CC2)NC(=O)NC3=O)NC(C)=O)cc1. The molecule has 2 aliphatic heterocycles. The van der Waals surface area contributed by atoms with E-state index in [9.17, 15) is 19.2 Å². The molecule has 1 spiro atoms. The molecule has 9 heteroatoms. The van der Waals surface area contributed by atoms with Gasteiger partial charge < -0.3 is 20.3 Å². The standard InChI is InChI=1S/C19H24N4O5/c1-12(24)20-15(13-3-5-14(28-2)6-4-13)11-16(25)23-9-7-19(8-10-23)17(26)21-18(27)22-19/h3-6,15H,7-11H2,1-2H3,(H,20,24)(H2,21,22,26,27). The van der Waals surface area contributed by atoms with Gasteiger partial charge in [-0.15, -0.1) is 0 Å². The molecule has 0 aliphatic carbocycles. The highest BCUT2D eigenvalue weighted by Gasteiger charge is 2.48. The number of methoxy groups -OCH3 is 1. The molecule has 5 amide bonds.